The van der Waals surface area contributed by atoms with Crippen molar-refractivity contribution in [2.45, 2.75) is 96.1 Å². The highest BCUT2D eigenvalue weighted by Crippen LogP contribution is 2.38. The van der Waals surface area contributed by atoms with Crippen LogP contribution in [0.5, 0.6) is 0 Å². The summed E-state index contributed by atoms with van der Waals surface area (Å²) in [5, 5.41) is 3.08. The van der Waals surface area contributed by atoms with Crippen molar-refractivity contribution in [3.63, 3.8) is 0 Å². The van der Waals surface area contributed by atoms with Crippen LogP contribution in [0.25, 0.3) is 11.0 Å². The van der Waals surface area contributed by atoms with Crippen molar-refractivity contribution >= 4 is 22.8 Å². The van der Waals surface area contributed by atoms with Gasteiger partial charge in [-0.1, -0.05) is 20.8 Å². The van der Waals surface area contributed by atoms with Crippen LogP contribution in [0, 0.1) is 11.8 Å². The molecule has 3 aliphatic rings. The number of likely N-dealkylation sites (tertiary alicyclic amines) is 1. The van der Waals surface area contributed by atoms with Gasteiger partial charge in [0.25, 0.3) is 5.91 Å². The molecule has 1 N–H and O–H groups in total. The summed E-state index contributed by atoms with van der Waals surface area (Å²) in [6, 6.07) is 6.04. The van der Waals surface area contributed by atoms with E-state index in [4.69, 9.17) is 4.98 Å². The minimum atomic E-state index is -2.54. The molecule has 0 unspecified atom stereocenters. The van der Waals surface area contributed by atoms with E-state index in [1.807, 2.05) is 23.1 Å². The second-order valence-corrected chi connectivity index (χ2v) is 12.1. The standard InChI is InChI=1S/C28H38F2N4O2/c1-27(2,3)26-32-22-16-20(4-7-23(22)34(26)17-18-8-12-28(29,30)13-9-18)25(36)33-14-10-19(11-15-33)24(35)31-21-5-6-21/h4,7,16,18-19,21H,5-6,8-15,17H2,1-3H3,(H,31,35). The van der Waals surface area contributed by atoms with Gasteiger partial charge >= 0.3 is 0 Å². The van der Waals surface area contributed by atoms with Gasteiger partial charge in [-0.25, -0.2) is 13.8 Å². The van der Waals surface area contributed by atoms with Gasteiger partial charge in [0.1, 0.15) is 5.82 Å². The third-order valence-electron chi connectivity index (χ3n) is 8.02. The molecule has 1 aromatic heterocycles. The van der Waals surface area contributed by atoms with Crippen LogP contribution in [0.1, 0.15) is 88.3 Å². The number of fused-ring (bicyclic) bond motifs is 1. The largest absolute Gasteiger partial charge is 0.353 e. The molecule has 0 bridgehead atoms. The molecule has 196 valence electrons. The minimum Gasteiger partial charge on any atom is -0.353 e. The van der Waals surface area contributed by atoms with Crippen LogP contribution in [-0.2, 0) is 16.8 Å². The van der Waals surface area contributed by atoms with Crippen LogP contribution in [-0.4, -0.2) is 51.3 Å². The zero-order chi connectivity index (χ0) is 25.7. The van der Waals surface area contributed by atoms with Crippen LogP contribution in [0.4, 0.5) is 8.78 Å². The number of hydrogen-bond donors (Lipinski definition) is 1. The molecular formula is C28H38F2N4O2. The lowest BCUT2D eigenvalue weighted by molar-refractivity contribution is -0.126. The topological polar surface area (TPSA) is 67.2 Å². The summed E-state index contributed by atoms with van der Waals surface area (Å²) in [6.07, 6.45) is 4.47. The fourth-order valence-electron chi connectivity index (χ4n) is 5.63. The molecule has 3 fully saturated rings. The maximum absolute atomic E-state index is 13.7. The number of nitrogens with zero attached hydrogens (tertiary/aromatic N) is 3. The summed E-state index contributed by atoms with van der Waals surface area (Å²) in [6.45, 7) is 8.14. The highest BCUT2D eigenvalue weighted by molar-refractivity contribution is 5.97. The summed E-state index contributed by atoms with van der Waals surface area (Å²) in [5.74, 6) is -1.33. The maximum Gasteiger partial charge on any atom is 0.253 e. The van der Waals surface area contributed by atoms with Crippen molar-refractivity contribution in [1.82, 2.24) is 19.8 Å². The van der Waals surface area contributed by atoms with Crippen molar-refractivity contribution in [2.75, 3.05) is 13.1 Å². The zero-order valence-corrected chi connectivity index (χ0v) is 21.7. The molecule has 36 heavy (non-hydrogen) atoms. The maximum atomic E-state index is 13.7. The Hall–Kier alpha value is -2.51. The molecule has 0 spiro atoms. The number of piperidine rings is 1. The number of halogens is 2. The smallest absolute Gasteiger partial charge is 0.253 e. The van der Waals surface area contributed by atoms with Gasteiger partial charge in [0.15, 0.2) is 0 Å². The Morgan fingerprint density at radius 1 is 1.06 bits per heavy atom. The quantitative estimate of drug-likeness (QED) is 0.607. The highest BCUT2D eigenvalue weighted by atomic mass is 19.3. The number of carbonyl (C=O) groups is 2. The van der Waals surface area contributed by atoms with Crippen LogP contribution in [0.15, 0.2) is 18.2 Å². The Labute approximate surface area is 211 Å². The van der Waals surface area contributed by atoms with Gasteiger partial charge in [0.2, 0.25) is 11.8 Å². The number of rotatable bonds is 5. The van der Waals surface area contributed by atoms with Crippen molar-refractivity contribution in [2.24, 2.45) is 11.8 Å². The number of amides is 2. The minimum absolute atomic E-state index is 0.0121. The highest BCUT2D eigenvalue weighted by Gasteiger charge is 2.36. The van der Waals surface area contributed by atoms with Crippen LogP contribution < -0.4 is 5.32 Å². The molecule has 2 amide bonds. The molecular weight excluding hydrogens is 462 g/mol. The van der Waals surface area contributed by atoms with Crippen molar-refractivity contribution in [1.29, 1.82) is 0 Å². The molecule has 1 aromatic carbocycles. The number of aromatic nitrogens is 2. The first-order valence-corrected chi connectivity index (χ1v) is 13.5. The van der Waals surface area contributed by atoms with Gasteiger partial charge in [-0.15, -0.1) is 0 Å². The summed E-state index contributed by atoms with van der Waals surface area (Å²) >= 11 is 0. The second kappa shape index (κ2) is 9.42. The fraction of sp³-hybridized carbons (Fsp3) is 0.679. The lowest BCUT2D eigenvalue weighted by Gasteiger charge is -2.31. The number of carbonyl (C=O) groups excluding carboxylic acids is 2. The molecule has 2 aromatic rings. The number of hydrogen-bond acceptors (Lipinski definition) is 3. The number of imidazole rings is 1. The Kier molecular flexibility index (Phi) is 6.58. The van der Waals surface area contributed by atoms with Gasteiger partial charge in [0, 0.05) is 55.4 Å². The van der Waals surface area contributed by atoms with Crippen LogP contribution in [0.3, 0.4) is 0 Å². The third-order valence-corrected chi connectivity index (χ3v) is 8.02. The Morgan fingerprint density at radius 2 is 1.72 bits per heavy atom. The third kappa shape index (κ3) is 5.42. The van der Waals surface area contributed by atoms with E-state index in [0.29, 0.717) is 56.9 Å². The van der Waals surface area contributed by atoms with Crippen LogP contribution in [0.2, 0.25) is 0 Å². The van der Waals surface area contributed by atoms with E-state index in [0.717, 1.165) is 29.7 Å². The summed E-state index contributed by atoms with van der Waals surface area (Å²) in [5.41, 5.74) is 2.10. The first-order valence-electron chi connectivity index (χ1n) is 13.5. The fourth-order valence-corrected chi connectivity index (χ4v) is 5.63. The Balaban J connectivity index is 1.31. The van der Waals surface area contributed by atoms with E-state index in [-0.39, 0.29) is 41.9 Å². The number of alkyl halides is 2. The molecule has 0 atom stereocenters. The summed E-state index contributed by atoms with van der Waals surface area (Å²) < 4.78 is 29.6. The number of benzene rings is 1. The monoisotopic (exact) mass is 500 g/mol. The van der Waals surface area contributed by atoms with Crippen molar-refractivity contribution in [3.05, 3.63) is 29.6 Å². The average molecular weight is 501 g/mol. The molecule has 1 saturated heterocycles. The van der Waals surface area contributed by atoms with Crippen LogP contribution >= 0.6 is 0 Å². The molecule has 0 radical (unpaired) electrons. The first kappa shape index (κ1) is 25.2. The summed E-state index contributed by atoms with van der Waals surface area (Å²) in [4.78, 5) is 32.4. The van der Waals surface area contributed by atoms with E-state index < -0.39 is 5.92 Å². The normalized spacial score (nSPS) is 21.6. The summed E-state index contributed by atoms with van der Waals surface area (Å²) in [7, 11) is 0. The predicted octanol–water partition coefficient (Wildman–Crippen LogP) is 5.29. The molecule has 2 saturated carbocycles. The molecule has 1 aliphatic heterocycles. The van der Waals surface area contributed by atoms with Gasteiger partial charge in [0.05, 0.1) is 11.0 Å². The van der Waals surface area contributed by atoms with E-state index in [2.05, 4.69) is 30.7 Å². The SMILES string of the molecule is CC(C)(C)c1nc2cc(C(=O)N3CCC(C(=O)NC4CC4)CC3)ccc2n1CC1CCC(F)(F)CC1. The van der Waals surface area contributed by atoms with E-state index in [1.54, 1.807) is 0 Å². The van der Waals surface area contributed by atoms with Gasteiger partial charge in [-0.3, -0.25) is 9.59 Å². The number of nitrogens with one attached hydrogen (secondary N) is 1. The predicted molar refractivity (Wildman–Crippen MR) is 135 cm³/mol. The Bertz CT molecular complexity index is 1130. The lowest BCUT2D eigenvalue weighted by Crippen LogP contribution is -2.43. The van der Waals surface area contributed by atoms with Crippen molar-refractivity contribution in [3.8, 4) is 0 Å². The Morgan fingerprint density at radius 3 is 2.33 bits per heavy atom. The lowest BCUT2D eigenvalue weighted by atomic mass is 9.86. The molecule has 5 rings (SSSR count). The molecule has 6 nitrogen and oxygen atoms in total. The molecule has 2 aliphatic carbocycles. The van der Waals surface area contributed by atoms with E-state index in [1.165, 1.54) is 0 Å². The van der Waals surface area contributed by atoms with Gasteiger partial charge in [-0.05, 0) is 62.6 Å². The second-order valence-electron chi connectivity index (χ2n) is 12.1. The van der Waals surface area contributed by atoms with E-state index >= 15 is 0 Å². The first-order chi connectivity index (χ1) is 17.0. The molecule has 8 heteroatoms. The van der Waals surface area contributed by atoms with Gasteiger partial charge in [-0.2, -0.15) is 0 Å². The zero-order valence-electron chi connectivity index (χ0n) is 21.7. The van der Waals surface area contributed by atoms with E-state index in [9.17, 15) is 18.4 Å². The average Bonchev–Trinajstić information content (AvgIpc) is 3.57. The molecule has 2 heterocycles. The van der Waals surface area contributed by atoms with Gasteiger partial charge < -0.3 is 14.8 Å². The van der Waals surface area contributed by atoms with Crippen molar-refractivity contribution < 1.29 is 18.4 Å².